The standard InChI is InChI=1S/C16H17NO3/c1-11-3-2-4-13(7-11)17-14(9-18)12-5-6-15-16(8-12)20-10-19-15/h2-8,14,17-18H,9-10H2,1H3. The van der Waals surface area contributed by atoms with Gasteiger partial charge in [-0.15, -0.1) is 0 Å². The van der Waals surface area contributed by atoms with E-state index in [4.69, 9.17) is 9.47 Å². The van der Waals surface area contributed by atoms with Gasteiger partial charge in [0.2, 0.25) is 6.79 Å². The molecule has 0 aliphatic carbocycles. The largest absolute Gasteiger partial charge is 0.454 e. The second-order valence-corrected chi connectivity index (χ2v) is 4.86. The number of aryl methyl sites for hydroxylation is 1. The molecule has 3 rings (SSSR count). The van der Waals surface area contributed by atoms with Gasteiger partial charge in [-0.25, -0.2) is 0 Å². The Hall–Kier alpha value is -2.20. The second kappa shape index (κ2) is 5.43. The van der Waals surface area contributed by atoms with E-state index in [2.05, 4.69) is 11.4 Å². The highest BCUT2D eigenvalue weighted by Gasteiger charge is 2.17. The van der Waals surface area contributed by atoms with Crippen molar-refractivity contribution in [2.24, 2.45) is 0 Å². The molecule has 2 aromatic rings. The van der Waals surface area contributed by atoms with Gasteiger partial charge in [0.15, 0.2) is 11.5 Å². The molecule has 0 saturated carbocycles. The molecule has 2 aromatic carbocycles. The van der Waals surface area contributed by atoms with E-state index in [0.29, 0.717) is 0 Å². The van der Waals surface area contributed by atoms with E-state index in [9.17, 15) is 5.11 Å². The van der Waals surface area contributed by atoms with Crippen molar-refractivity contribution in [3.8, 4) is 11.5 Å². The zero-order valence-electron chi connectivity index (χ0n) is 11.3. The van der Waals surface area contributed by atoms with Crippen molar-refractivity contribution < 1.29 is 14.6 Å². The van der Waals surface area contributed by atoms with Crippen LogP contribution in [0.2, 0.25) is 0 Å². The lowest BCUT2D eigenvalue weighted by molar-refractivity contribution is 0.174. The van der Waals surface area contributed by atoms with Gasteiger partial charge < -0.3 is 19.9 Å². The van der Waals surface area contributed by atoms with E-state index >= 15 is 0 Å². The molecule has 0 radical (unpaired) electrons. The summed E-state index contributed by atoms with van der Waals surface area (Å²) < 4.78 is 10.7. The molecule has 0 spiro atoms. The van der Waals surface area contributed by atoms with Gasteiger partial charge in [-0.05, 0) is 42.3 Å². The predicted molar refractivity (Wildman–Crippen MR) is 77.2 cm³/mol. The average molecular weight is 271 g/mol. The van der Waals surface area contributed by atoms with Crippen molar-refractivity contribution in [1.82, 2.24) is 0 Å². The molecule has 1 aliphatic heterocycles. The number of aliphatic hydroxyl groups excluding tert-OH is 1. The third-order valence-corrected chi connectivity index (χ3v) is 3.34. The summed E-state index contributed by atoms with van der Waals surface area (Å²) in [5, 5.41) is 13.0. The van der Waals surface area contributed by atoms with Gasteiger partial charge in [0.25, 0.3) is 0 Å². The van der Waals surface area contributed by atoms with Gasteiger partial charge in [0, 0.05) is 5.69 Å². The van der Waals surface area contributed by atoms with Gasteiger partial charge in [-0.2, -0.15) is 0 Å². The first-order valence-electron chi connectivity index (χ1n) is 6.60. The van der Waals surface area contributed by atoms with Gasteiger partial charge in [-0.1, -0.05) is 18.2 Å². The van der Waals surface area contributed by atoms with Crippen LogP contribution in [-0.4, -0.2) is 18.5 Å². The number of fused-ring (bicyclic) bond motifs is 1. The minimum atomic E-state index is -0.175. The van der Waals surface area contributed by atoms with Crippen LogP contribution in [0.15, 0.2) is 42.5 Å². The molecule has 4 nitrogen and oxygen atoms in total. The number of hydrogen-bond donors (Lipinski definition) is 2. The highest BCUT2D eigenvalue weighted by Crippen LogP contribution is 2.34. The van der Waals surface area contributed by atoms with Crippen molar-refractivity contribution in [3.63, 3.8) is 0 Å². The first-order chi connectivity index (χ1) is 9.76. The molecule has 0 fully saturated rings. The highest BCUT2D eigenvalue weighted by molar-refractivity contribution is 5.50. The van der Waals surface area contributed by atoms with E-state index in [0.717, 1.165) is 22.7 Å². The van der Waals surface area contributed by atoms with E-state index < -0.39 is 0 Å². The zero-order chi connectivity index (χ0) is 13.9. The molecule has 1 unspecified atom stereocenters. The minimum absolute atomic E-state index is 0.00753. The first-order valence-corrected chi connectivity index (χ1v) is 6.60. The van der Waals surface area contributed by atoms with Crippen molar-refractivity contribution in [2.75, 3.05) is 18.7 Å². The van der Waals surface area contributed by atoms with Crippen LogP contribution in [0.25, 0.3) is 0 Å². The van der Waals surface area contributed by atoms with Crippen LogP contribution in [-0.2, 0) is 0 Å². The summed E-state index contributed by atoms with van der Waals surface area (Å²) in [6.45, 7) is 2.31. The Morgan fingerprint density at radius 1 is 1.15 bits per heavy atom. The molecular formula is C16H17NO3. The molecular weight excluding hydrogens is 254 g/mol. The van der Waals surface area contributed by atoms with E-state index in [1.807, 2.05) is 43.3 Å². The Morgan fingerprint density at radius 2 is 2.00 bits per heavy atom. The van der Waals surface area contributed by atoms with E-state index in [1.54, 1.807) is 0 Å². The van der Waals surface area contributed by atoms with Gasteiger partial charge >= 0.3 is 0 Å². The summed E-state index contributed by atoms with van der Waals surface area (Å²) in [5.74, 6) is 1.48. The monoisotopic (exact) mass is 271 g/mol. The third-order valence-electron chi connectivity index (χ3n) is 3.34. The molecule has 0 bridgehead atoms. The number of benzene rings is 2. The maximum atomic E-state index is 9.62. The van der Waals surface area contributed by atoms with Crippen LogP contribution in [0.3, 0.4) is 0 Å². The molecule has 104 valence electrons. The number of hydrogen-bond acceptors (Lipinski definition) is 4. The zero-order valence-corrected chi connectivity index (χ0v) is 11.3. The molecule has 0 aromatic heterocycles. The Morgan fingerprint density at radius 3 is 2.80 bits per heavy atom. The third kappa shape index (κ3) is 2.56. The van der Waals surface area contributed by atoms with Crippen LogP contribution in [0.4, 0.5) is 5.69 Å². The molecule has 0 amide bonds. The molecule has 1 aliphatic rings. The number of rotatable bonds is 4. The molecule has 2 N–H and O–H groups in total. The lowest BCUT2D eigenvalue weighted by Gasteiger charge is -2.18. The number of anilines is 1. The van der Waals surface area contributed by atoms with Crippen LogP contribution in [0, 0.1) is 6.92 Å². The molecule has 0 saturated heterocycles. The topological polar surface area (TPSA) is 50.7 Å². The Balaban J connectivity index is 1.83. The Kier molecular flexibility index (Phi) is 3.48. The van der Waals surface area contributed by atoms with Crippen LogP contribution < -0.4 is 14.8 Å². The lowest BCUT2D eigenvalue weighted by Crippen LogP contribution is -2.14. The van der Waals surface area contributed by atoms with Crippen molar-refractivity contribution >= 4 is 5.69 Å². The summed E-state index contributed by atoms with van der Waals surface area (Å²) >= 11 is 0. The number of aliphatic hydroxyl groups is 1. The predicted octanol–water partition coefficient (Wildman–Crippen LogP) is 2.87. The van der Waals surface area contributed by atoms with Crippen LogP contribution in [0.1, 0.15) is 17.2 Å². The average Bonchev–Trinajstić information content (AvgIpc) is 2.92. The van der Waals surface area contributed by atoms with Crippen molar-refractivity contribution in [2.45, 2.75) is 13.0 Å². The normalized spacial score (nSPS) is 14.1. The summed E-state index contributed by atoms with van der Waals surface area (Å²) in [4.78, 5) is 0. The first kappa shape index (κ1) is 12.8. The van der Waals surface area contributed by atoms with E-state index in [-0.39, 0.29) is 19.4 Å². The molecule has 1 atom stereocenters. The fourth-order valence-electron chi connectivity index (χ4n) is 2.30. The summed E-state index contributed by atoms with van der Waals surface area (Å²) in [5.41, 5.74) is 3.14. The van der Waals surface area contributed by atoms with Gasteiger partial charge in [0.1, 0.15) is 0 Å². The lowest BCUT2D eigenvalue weighted by atomic mass is 10.1. The Bertz CT molecular complexity index is 612. The molecule has 4 heteroatoms. The van der Waals surface area contributed by atoms with Gasteiger partial charge in [0.05, 0.1) is 12.6 Å². The summed E-state index contributed by atoms with van der Waals surface area (Å²) in [6.07, 6.45) is 0. The second-order valence-electron chi connectivity index (χ2n) is 4.86. The molecule has 20 heavy (non-hydrogen) atoms. The fourth-order valence-corrected chi connectivity index (χ4v) is 2.30. The number of ether oxygens (including phenoxy) is 2. The maximum Gasteiger partial charge on any atom is 0.231 e. The summed E-state index contributed by atoms with van der Waals surface area (Å²) in [6, 6.07) is 13.6. The minimum Gasteiger partial charge on any atom is -0.454 e. The molecule has 1 heterocycles. The quantitative estimate of drug-likeness (QED) is 0.897. The van der Waals surface area contributed by atoms with E-state index in [1.165, 1.54) is 5.56 Å². The smallest absolute Gasteiger partial charge is 0.231 e. The van der Waals surface area contributed by atoms with Crippen LogP contribution in [0.5, 0.6) is 11.5 Å². The summed E-state index contributed by atoms with van der Waals surface area (Å²) in [7, 11) is 0. The van der Waals surface area contributed by atoms with Gasteiger partial charge in [-0.3, -0.25) is 0 Å². The number of nitrogens with one attached hydrogen (secondary N) is 1. The van der Waals surface area contributed by atoms with Crippen molar-refractivity contribution in [3.05, 3.63) is 53.6 Å². The van der Waals surface area contributed by atoms with Crippen LogP contribution >= 0.6 is 0 Å². The maximum absolute atomic E-state index is 9.62. The SMILES string of the molecule is Cc1cccc(NC(CO)c2ccc3c(c2)OCO3)c1. The fraction of sp³-hybridized carbons (Fsp3) is 0.250. The Labute approximate surface area is 118 Å². The van der Waals surface area contributed by atoms with Crippen molar-refractivity contribution in [1.29, 1.82) is 0 Å². The highest BCUT2D eigenvalue weighted by atomic mass is 16.7.